The molecule has 1 aromatic carbocycles. The van der Waals surface area contributed by atoms with Crippen LogP contribution in [0.4, 0.5) is 10.6 Å². The molecule has 132 valence electrons. The lowest BCUT2D eigenvalue weighted by atomic mass is 10.0. The van der Waals surface area contributed by atoms with E-state index < -0.39 is 0 Å². The molecule has 1 aromatic heterocycles. The van der Waals surface area contributed by atoms with Crippen molar-refractivity contribution in [2.45, 2.75) is 44.4 Å². The van der Waals surface area contributed by atoms with Gasteiger partial charge in [-0.3, -0.25) is 5.32 Å². The first-order valence-corrected chi connectivity index (χ1v) is 8.89. The minimum absolute atomic E-state index is 0.165. The normalized spacial score (nSPS) is 23.2. The van der Waals surface area contributed by atoms with E-state index in [-0.39, 0.29) is 12.1 Å². The Morgan fingerprint density at radius 1 is 1.24 bits per heavy atom. The molecule has 2 amide bonds. The highest BCUT2D eigenvalue weighted by atomic mass is 16.5. The van der Waals surface area contributed by atoms with E-state index in [1.165, 1.54) is 12.8 Å². The first-order chi connectivity index (χ1) is 12.3. The molecule has 2 heterocycles. The smallest absolute Gasteiger partial charge is 0.320 e. The molecule has 0 radical (unpaired) electrons. The Bertz CT molecular complexity index is 713. The zero-order valence-electron chi connectivity index (χ0n) is 14.1. The summed E-state index contributed by atoms with van der Waals surface area (Å²) in [6.45, 7) is 1.35. The summed E-state index contributed by atoms with van der Waals surface area (Å²) in [6, 6.07) is 9.95. The van der Waals surface area contributed by atoms with Crippen LogP contribution in [0.3, 0.4) is 0 Å². The minimum atomic E-state index is -0.229. The summed E-state index contributed by atoms with van der Waals surface area (Å²) in [5.41, 5.74) is 1.14. The van der Waals surface area contributed by atoms with Gasteiger partial charge in [0.25, 0.3) is 0 Å². The van der Waals surface area contributed by atoms with E-state index in [1.807, 2.05) is 30.3 Å². The Morgan fingerprint density at radius 3 is 2.88 bits per heavy atom. The minimum Gasteiger partial charge on any atom is -0.378 e. The van der Waals surface area contributed by atoms with Crippen LogP contribution in [0.1, 0.15) is 31.2 Å². The Kier molecular flexibility index (Phi) is 4.65. The molecule has 7 nitrogen and oxygen atoms in total. The molecule has 0 bridgehead atoms. The maximum Gasteiger partial charge on any atom is 0.320 e. The molecule has 4 rings (SSSR count). The van der Waals surface area contributed by atoms with Gasteiger partial charge in [0.05, 0.1) is 18.8 Å². The maximum atomic E-state index is 12.2. The molecule has 1 aliphatic carbocycles. The Hall–Kier alpha value is -2.41. The number of amides is 2. The predicted molar refractivity (Wildman–Crippen MR) is 93.2 cm³/mol. The second-order valence-corrected chi connectivity index (χ2v) is 6.85. The number of ether oxygens (including phenoxy) is 1. The number of carbonyl (C=O) groups is 1. The van der Waals surface area contributed by atoms with Gasteiger partial charge in [0.15, 0.2) is 5.82 Å². The monoisotopic (exact) mass is 341 g/mol. The van der Waals surface area contributed by atoms with Gasteiger partial charge in [-0.15, -0.1) is 5.10 Å². The van der Waals surface area contributed by atoms with E-state index in [4.69, 9.17) is 4.74 Å². The van der Waals surface area contributed by atoms with Crippen molar-refractivity contribution in [3.8, 4) is 0 Å². The van der Waals surface area contributed by atoms with Crippen LogP contribution in [0.2, 0.25) is 0 Å². The first-order valence-electron chi connectivity index (χ1n) is 8.89. The Balaban J connectivity index is 1.27. The van der Waals surface area contributed by atoms with Crippen LogP contribution >= 0.6 is 0 Å². The highest BCUT2D eigenvalue weighted by Crippen LogP contribution is 2.38. The molecule has 1 saturated carbocycles. The second-order valence-electron chi connectivity index (χ2n) is 6.85. The zero-order chi connectivity index (χ0) is 17.1. The lowest BCUT2D eigenvalue weighted by Gasteiger charge is -2.30. The van der Waals surface area contributed by atoms with Crippen molar-refractivity contribution in [2.75, 3.05) is 11.9 Å². The van der Waals surface area contributed by atoms with Gasteiger partial charge in [-0.1, -0.05) is 35.5 Å². The molecule has 2 atom stereocenters. The quantitative estimate of drug-likeness (QED) is 0.875. The summed E-state index contributed by atoms with van der Waals surface area (Å²) < 4.78 is 7.51. The topological polar surface area (TPSA) is 81.1 Å². The number of hydrogen-bond acceptors (Lipinski definition) is 4. The highest BCUT2D eigenvalue weighted by Gasteiger charge is 2.36. The Morgan fingerprint density at radius 2 is 2.08 bits per heavy atom. The lowest BCUT2D eigenvalue weighted by molar-refractivity contribution is -0.00889. The van der Waals surface area contributed by atoms with Gasteiger partial charge in [-0.05, 0) is 37.2 Å². The SMILES string of the molecule is O=C(Nc1cn(Cc2ccccc2)nn1)N[C@H]1CCO[C@H](C2CC2)C1. The van der Waals surface area contributed by atoms with E-state index in [2.05, 4.69) is 20.9 Å². The molecule has 25 heavy (non-hydrogen) atoms. The second kappa shape index (κ2) is 7.23. The van der Waals surface area contributed by atoms with Crippen LogP contribution < -0.4 is 10.6 Å². The van der Waals surface area contributed by atoms with Crippen LogP contribution in [-0.2, 0) is 11.3 Å². The van der Waals surface area contributed by atoms with E-state index in [0.717, 1.165) is 25.0 Å². The average Bonchev–Trinajstić information content (AvgIpc) is 3.38. The number of carbonyl (C=O) groups excluding carboxylic acids is 1. The molecule has 2 aliphatic rings. The average molecular weight is 341 g/mol. The number of rotatable bonds is 5. The number of anilines is 1. The number of urea groups is 1. The lowest BCUT2D eigenvalue weighted by Crippen LogP contribution is -2.44. The van der Waals surface area contributed by atoms with Crippen LogP contribution in [0.5, 0.6) is 0 Å². The van der Waals surface area contributed by atoms with Gasteiger partial charge in [-0.25, -0.2) is 9.48 Å². The summed E-state index contributed by atoms with van der Waals surface area (Å²) in [4.78, 5) is 12.2. The molecule has 0 spiro atoms. The van der Waals surface area contributed by atoms with Gasteiger partial charge in [0, 0.05) is 12.6 Å². The number of benzene rings is 1. The number of nitrogens with zero attached hydrogens (tertiary/aromatic N) is 3. The fraction of sp³-hybridized carbons (Fsp3) is 0.500. The van der Waals surface area contributed by atoms with Crippen LogP contribution in [0.15, 0.2) is 36.5 Å². The summed E-state index contributed by atoms with van der Waals surface area (Å²) in [5, 5.41) is 13.9. The number of hydrogen-bond donors (Lipinski definition) is 2. The fourth-order valence-corrected chi connectivity index (χ4v) is 3.30. The largest absolute Gasteiger partial charge is 0.378 e. The van der Waals surface area contributed by atoms with Crippen LogP contribution in [0, 0.1) is 5.92 Å². The van der Waals surface area contributed by atoms with Crippen LogP contribution in [-0.4, -0.2) is 39.8 Å². The maximum absolute atomic E-state index is 12.2. The molecule has 1 saturated heterocycles. The number of aromatic nitrogens is 3. The van der Waals surface area contributed by atoms with Crippen molar-refractivity contribution in [2.24, 2.45) is 5.92 Å². The zero-order valence-corrected chi connectivity index (χ0v) is 14.1. The van der Waals surface area contributed by atoms with Crippen LogP contribution in [0.25, 0.3) is 0 Å². The van der Waals surface area contributed by atoms with Crippen molar-refractivity contribution < 1.29 is 9.53 Å². The third-order valence-electron chi connectivity index (χ3n) is 4.77. The van der Waals surface area contributed by atoms with E-state index in [9.17, 15) is 4.79 Å². The molecular formula is C18H23N5O2. The van der Waals surface area contributed by atoms with Gasteiger partial charge in [0.1, 0.15) is 0 Å². The van der Waals surface area contributed by atoms with Crippen molar-refractivity contribution in [3.63, 3.8) is 0 Å². The summed E-state index contributed by atoms with van der Waals surface area (Å²) in [6.07, 6.45) is 6.33. The third kappa shape index (κ3) is 4.36. The predicted octanol–water partition coefficient (Wildman–Crippen LogP) is 2.41. The molecule has 2 N–H and O–H groups in total. The van der Waals surface area contributed by atoms with Gasteiger partial charge < -0.3 is 10.1 Å². The molecule has 2 fully saturated rings. The first kappa shape index (κ1) is 16.1. The van der Waals surface area contributed by atoms with Crippen molar-refractivity contribution >= 4 is 11.8 Å². The molecule has 7 heteroatoms. The summed E-state index contributed by atoms with van der Waals surface area (Å²) >= 11 is 0. The molecule has 1 aliphatic heterocycles. The van der Waals surface area contributed by atoms with Gasteiger partial charge >= 0.3 is 6.03 Å². The molecular weight excluding hydrogens is 318 g/mol. The Labute approximate surface area is 146 Å². The van der Waals surface area contributed by atoms with E-state index >= 15 is 0 Å². The van der Waals surface area contributed by atoms with Gasteiger partial charge in [0.2, 0.25) is 0 Å². The van der Waals surface area contributed by atoms with Crippen molar-refractivity contribution in [3.05, 3.63) is 42.1 Å². The third-order valence-corrected chi connectivity index (χ3v) is 4.77. The van der Waals surface area contributed by atoms with Crippen molar-refractivity contribution in [1.82, 2.24) is 20.3 Å². The standard InChI is InChI=1S/C18H23N5O2/c24-18(19-15-8-9-25-16(10-15)14-6-7-14)20-17-12-23(22-21-17)11-13-4-2-1-3-5-13/h1-5,12,14-16H,6-11H2,(H2,19,20,24)/t15-,16-/m0/s1. The fourth-order valence-electron chi connectivity index (χ4n) is 3.30. The van der Waals surface area contributed by atoms with Crippen molar-refractivity contribution in [1.29, 1.82) is 0 Å². The molecule has 2 aromatic rings. The van der Waals surface area contributed by atoms with Gasteiger partial charge in [-0.2, -0.15) is 0 Å². The summed E-state index contributed by atoms with van der Waals surface area (Å²) in [5.74, 6) is 1.16. The molecule has 0 unspecified atom stereocenters. The highest BCUT2D eigenvalue weighted by molar-refractivity contribution is 5.88. The summed E-state index contributed by atoms with van der Waals surface area (Å²) in [7, 11) is 0. The van der Waals surface area contributed by atoms with E-state index in [1.54, 1.807) is 10.9 Å². The number of nitrogens with one attached hydrogen (secondary N) is 2. The van der Waals surface area contributed by atoms with E-state index in [0.29, 0.717) is 24.4 Å².